The lowest BCUT2D eigenvalue weighted by Crippen LogP contribution is -2.24. The first kappa shape index (κ1) is 19.4. The summed E-state index contributed by atoms with van der Waals surface area (Å²) in [5.74, 6) is 0.955. The van der Waals surface area contributed by atoms with E-state index in [1.807, 2.05) is 54.6 Å². The molecule has 0 N–H and O–H groups in total. The van der Waals surface area contributed by atoms with E-state index in [0.29, 0.717) is 17.2 Å². The summed E-state index contributed by atoms with van der Waals surface area (Å²) in [6.45, 7) is 3.05. The van der Waals surface area contributed by atoms with Gasteiger partial charge in [-0.3, -0.25) is 19.5 Å². The highest BCUT2D eigenvalue weighted by atomic mass is 16.2. The number of benzene rings is 2. The molecule has 0 fully saturated rings. The molecule has 0 aliphatic carbocycles. The van der Waals surface area contributed by atoms with Gasteiger partial charge in [-0.2, -0.15) is 0 Å². The number of carbonyl (C=O) groups is 2. The van der Waals surface area contributed by atoms with Crippen LogP contribution in [0, 0.1) is 0 Å². The van der Waals surface area contributed by atoms with Crippen LogP contribution in [0.2, 0.25) is 0 Å². The minimum Gasteiger partial charge on any atom is -0.300 e. The average Bonchev–Trinajstić information content (AvgIpc) is 2.78. The largest absolute Gasteiger partial charge is 0.300 e. The summed E-state index contributed by atoms with van der Waals surface area (Å²) in [6, 6.07) is 17.0. The van der Waals surface area contributed by atoms with Gasteiger partial charge in [0.15, 0.2) is 11.6 Å². The van der Waals surface area contributed by atoms with E-state index in [2.05, 4.69) is 15.0 Å². The summed E-state index contributed by atoms with van der Waals surface area (Å²) in [5, 5.41) is 0.772. The molecule has 0 radical (unpaired) electrons. The Balaban J connectivity index is 1.89. The predicted octanol–water partition coefficient (Wildman–Crippen LogP) is 4.54. The van der Waals surface area contributed by atoms with Gasteiger partial charge in [0.05, 0.1) is 5.52 Å². The summed E-state index contributed by atoms with van der Waals surface area (Å²) in [4.78, 5) is 38.7. The standard InChI is InChI=1S/C24H20N4O2/c1-15(29)17-6-8-18(9-7-17)19-10-11-22-21(13-19)24(28(3)16(2)30)27-23(26-22)20-5-4-12-25-14-20/h4-14H,1-3H3. The molecule has 0 bridgehead atoms. The number of ketones is 1. The van der Waals surface area contributed by atoms with Crippen molar-refractivity contribution in [2.75, 3.05) is 11.9 Å². The van der Waals surface area contributed by atoms with Gasteiger partial charge in [-0.05, 0) is 42.3 Å². The lowest BCUT2D eigenvalue weighted by Gasteiger charge is -2.18. The second-order valence-electron chi connectivity index (χ2n) is 7.06. The third-order valence-corrected chi connectivity index (χ3v) is 5.01. The summed E-state index contributed by atoms with van der Waals surface area (Å²) in [5.41, 5.74) is 4.10. The number of hydrogen-bond donors (Lipinski definition) is 0. The van der Waals surface area contributed by atoms with Gasteiger partial charge in [0.2, 0.25) is 5.91 Å². The highest BCUT2D eigenvalue weighted by Crippen LogP contribution is 2.31. The number of Topliss-reactive ketones (excluding diaryl/α,β-unsaturated/α-hetero) is 1. The van der Waals surface area contributed by atoms with Crippen molar-refractivity contribution < 1.29 is 9.59 Å². The first-order valence-electron chi connectivity index (χ1n) is 9.52. The summed E-state index contributed by atoms with van der Waals surface area (Å²) < 4.78 is 0. The Morgan fingerprint density at radius 2 is 1.60 bits per heavy atom. The Kier molecular flexibility index (Phi) is 5.06. The summed E-state index contributed by atoms with van der Waals surface area (Å²) in [6.07, 6.45) is 3.39. The third kappa shape index (κ3) is 3.67. The summed E-state index contributed by atoms with van der Waals surface area (Å²) >= 11 is 0. The Labute approximate surface area is 174 Å². The first-order valence-corrected chi connectivity index (χ1v) is 9.52. The fourth-order valence-corrected chi connectivity index (χ4v) is 3.22. The number of hydrogen-bond acceptors (Lipinski definition) is 5. The molecule has 0 saturated carbocycles. The van der Waals surface area contributed by atoms with E-state index in [9.17, 15) is 9.59 Å². The van der Waals surface area contributed by atoms with Gasteiger partial charge < -0.3 is 0 Å². The first-order chi connectivity index (χ1) is 14.4. The molecular formula is C24H20N4O2. The van der Waals surface area contributed by atoms with Gasteiger partial charge >= 0.3 is 0 Å². The zero-order valence-electron chi connectivity index (χ0n) is 17.0. The zero-order chi connectivity index (χ0) is 21.3. The van der Waals surface area contributed by atoms with Crippen molar-refractivity contribution in [2.45, 2.75) is 13.8 Å². The van der Waals surface area contributed by atoms with Crippen LogP contribution in [0.25, 0.3) is 33.4 Å². The van der Waals surface area contributed by atoms with E-state index in [1.54, 1.807) is 26.4 Å². The maximum absolute atomic E-state index is 12.1. The molecule has 148 valence electrons. The molecule has 2 aromatic heterocycles. The molecule has 2 heterocycles. The van der Waals surface area contributed by atoms with Gasteiger partial charge in [-0.1, -0.05) is 30.3 Å². The van der Waals surface area contributed by atoms with Crippen molar-refractivity contribution in [3.05, 3.63) is 72.6 Å². The normalized spacial score (nSPS) is 10.8. The average molecular weight is 396 g/mol. The number of pyridine rings is 1. The molecule has 6 heteroatoms. The Bertz CT molecular complexity index is 1250. The fourth-order valence-electron chi connectivity index (χ4n) is 3.22. The quantitative estimate of drug-likeness (QED) is 0.473. The minimum atomic E-state index is -0.122. The van der Waals surface area contributed by atoms with Gasteiger partial charge in [0.1, 0.15) is 5.82 Å². The second kappa shape index (κ2) is 7.83. The molecule has 6 nitrogen and oxygen atoms in total. The SMILES string of the molecule is CC(=O)c1ccc(-c2ccc3nc(-c4cccnc4)nc(N(C)C(C)=O)c3c2)cc1. The number of fused-ring (bicyclic) bond motifs is 1. The van der Waals surface area contributed by atoms with E-state index in [1.165, 1.54) is 11.8 Å². The van der Waals surface area contributed by atoms with Crippen LogP contribution in [0.3, 0.4) is 0 Å². The van der Waals surface area contributed by atoms with Gasteiger partial charge in [-0.25, -0.2) is 9.97 Å². The minimum absolute atomic E-state index is 0.0294. The van der Waals surface area contributed by atoms with Crippen LogP contribution >= 0.6 is 0 Å². The van der Waals surface area contributed by atoms with E-state index in [0.717, 1.165) is 27.6 Å². The lowest BCUT2D eigenvalue weighted by molar-refractivity contribution is -0.116. The van der Waals surface area contributed by atoms with Crippen molar-refractivity contribution in [2.24, 2.45) is 0 Å². The molecule has 1 amide bonds. The molecular weight excluding hydrogens is 376 g/mol. The van der Waals surface area contributed by atoms with Crippen LogP contribution < -0.4 is 4.90 Å². The maximum atomic E-state index is 12.1. The van der Waals surface area contributed by atoms with Crippen molar-refractivity contribution in [3.63, 3.8) is 0 Å². The maximum Gasteiger partial charge on any atom is 0.224 e. The zero-order valence-corrected chi connectivity index (χ0v) is 17.0. The topological polar surface area (TPSA) is 76.1 Å². The summed E-state index contributed by atoms with van der Waals surface area (Å²) in [7, 11) is 1.70. The number of aromatic nitrogens is 3. The fraction of sp³-hybridized carbons (Fsp3) is 0.125. The highest BCUT2D eigenvalue weighted by Gasteiger charge is 2.16. The van der Waals surface area contributed by atoms with Gasteiger partial charge in [-0.15, -0.1) is 0 Å². The number of amides is 1. The van der Waals surface area contributed by atoms with Crippen LogP contribution in [-0.4, -0.2) is 33.7 Å². The van der Waals surface area contributed by atoms with Crippen LogP contribution in [0.5, 0.6) is 0 Å². The van der Waals surface area contributed by atoms with E-state index in [-0.39, 0.29) is 11.7 Å². The lowest BCUT2D eigenvalue weighted by atomic mass is 10.0. The molecule has 30 heavy (non-hydrogen) atoms. The van der Waals surface area contributed by atoms with Crippen molar-refractivity contribution in [1.82, 2.24) is 15.0 Å². The highest BCUT2D eigenvalue weighted by molar-refractivity contribution is 6.02. The molecule has 0 aliphatic heterocycles. The van der Waals surface area contributed by atoms with Crippen LogP contribution in [0.15, 0.2) is 67.0 Å². The molecule has 0 atom stereocenters. The predicted molar refractivity (Wildman–Crippen MR) is 117 cm³/mol. The van der Waals surface area contributed by atoms with Crippen molar-refractivity contribution in [1.29, 1.82) is 0 Å². The monoisotopic (exact) mass is 396 g/mol. The molecule has 0 aliphatic rings. The van der Waals surface area contributed by atoms with Crippen LogP contribution in [0.1, 0.15) is 24.2 Å². The molecule has 4 aromatic rings. The molecule has 0 saturated heterocycles. The number of carbonyl (C=O) groups excluding carboxylic acids is 2. The molecule has 0 spiro atoms. The number of rotatable bonds is 4. The van der Waals surface area contributed by atoms with E-state index >= 15 is 0 Å². The molecule has 2 aromatic carbocycles. The van der Waals surface area contributed by atoms with Crippen LogP contribution in [0.4, 0.5) is 5.82 Å². The molecule has 0 unspecified atom stereocenters. The van der Waals surface area contributed by atoms with E-state index in [4.69, 9.17) is 0 Å². The Hall–Kier alpha value is -3.93. The van der Waals surface area contributed by atoms with Gasteiger partial charge in [0, 0.05) is 42.9 Å². The number of nitrogens with zero attached hydrogens (tertiary/aromatic N) is 4. The van der Waals surface area contributed by atoms with Crippen LogP contribution in [-0.2, 0) is 4.79 Å². The number of anilines is 1. The van der Waals surface area contributed by atoms with Crippen molar-refractivity contribution >= 4 is 28.4 Å². The van der Waals surface area contributed by atoms with Gasteiger partial charge in [0.25, 0.3) is 0 Å². The van der Waals surface area contributed by atoms with E-state index < -0.39 is 0 Å². The Morgan fingerprint density at radius 1 is 0.867 bits per heavy atom. The molecule has 4 rings (SSSR count). The third-order valence-electron chi connectivity index (χ3n) is 5.01. The van der Waals surface area contributed by atoms with Crippen molar-refractivity contribution in [3.8, 4) is 22.5 Å². The Morgan fingerprint density at radius 3 is 2.23 bits per heavy atom. The smallest absolute Gasteiger partial charge is 0.224 e. The second-order valence-corrected chi connectivity index (χ2v) is 7.06.